The normalized spacial score (nSPS) is 25.7. The second kappa shape index (κ2) is 8.05. The van der Waals surface area contributed by atoms with Gasteiger partial charge in [-0.05, 0) is 18.1 Å². The fraction of sp³-hybridized carbons (Fsp3) is 0.348. The molecule has 2 aromatic rings. The smallest absolute Gasteiger partial charge is 0.331 e. The van der Waals surface area contributed by atoms with E-state index in [-0.39, 0.29) is 6.42 Å². The van der Waals surface area contributed by atoms with Crippen LogP contribution < -0.4 is 0 Å². The minimum atomic E-state index is -3.99. The van der Waals surface area contributed by atoms with Crippen LogP contribution in [0, 0.1) is 0 Å². The van der Waals surface area contributed by atoms with Gasteiger partial charge in [0.15, 0.2) is 22.0 Å². The molecule has 0 aromatic heterocycles. The lowest BCUT2D eigenvalue weighted by atomic mass is 9.96. The van der Waals surface area contributed by atoms with Gasteiger partial charge < -0.3 is 14.4 Å². The molecule has 0 saturated carbocycles. The molecule has 2 aromatic carbocycles. The Hall–Kier alpha value is -3.20. The lowest BCUT2D eigenvalue weighted by molar-refractivity contribution is -0.165. The summed E-state index contributed by atoms with van der Waals surface area (Å²) in [7, 11) is -3.99. The van der Waals surface area contributed by atoms with Gasteiger partial charge in [-0.1, -0.05) is 60.7 Å². The fourth-order valence-electron chi connectivity index (χ4n) is 4.27. The maximum absolute atomic E-state index is 13.5. The minimum absolute atomic E-state index is 0.206. The zero-order valence-corrected chi connectivity index (χ0v) is 18.4. The summed E-state index contributed by atoms with van der Waals surface area (Å²) >= 11 is 0. The van der Waals surface area contributed by atoms with Crippen molar-refractivity contribution in [3.05, 3.63) is 71.8 Å². The summed E-state index contributed by atoms with van der Waals surface area (Å²) in [4.78, 5) is 38.2. The van der Waals surface area contributed by atoms with Crippen LogP contribution in [-0.4, -0.2) is 53.9 Å². The second-order valence-corrected chi connectivity index (χ2v) is 10.7. The van der Waals surface area contributed by atoms with Gasteiger partial charge in [-0.2, -0.15) is 0 Å². The molecule has 168 valence electrons. The quantitative estimate of drug-likeness (QED) is 0.482. The van der Waals surface area contributed by atoms with Gasteiger partial charge in [0.25, 0.3) is 0 Å². The average Bonchev–Trinajstić information content (AvgIpc) is 2.92. The van der Waals surface area contributed by atoms with Crippen molar-refractivity contribution in [3.8, 4) is 0 Å². The molecule has 2 aliphatic rings. The van der Waals surface area contributed by atoms with Crippen molar-refractivity contribution in [2.75, 3.05) is 6.61 Å². The van der Waals surface area contributed by atoms with Crippen LogP contribution in [0.5, 0.6) is 0 Å². The van der Waals surface area contributed by atoms with Crippen LogP contribution in [0.25, 0.3) is 0 Å². The van der Waals surface area contributed by atoms with Crippen LogP contribution in [0.1, 0.15) is 37.5 Å². The summed E-state index contributed by atoms with van der Waals surface area (Å²) in [5.41, 5.74) is 1.39. The van der Waals surface area contributed by atoms with E-state index in [1.54, 1.807) is 48.5 Å². The molecule has 32 heavy (non-hydrogen) atoms. The van der Waals surface area contributed by atoms with Crippen molar-refractivity contribution in [2.24, 2.45) is 0 Å². The van der Waals surface area contributed by atoms with Gasteiger partial charge in [-0.15, -0.1) is 0 Å². The highest BCUT2D eigenvalue weighted by Gasteiger charge is 2.70. The van der Waals surface area contributed by atoms with Crippen LogP contribution in [0.2, 0.25) is 0 Å². The Morgan fingerprint density at radius 2 is 1.59 bits per heavy atom. The summed E-state index contributed by atoms with van der Waals surface area (Å²) in [6.07, 6.45) is -1.01. The third-order valence-corrected chi connectivity index (χ3v) is 8.79. The van der Waals surface area contributed by atoms with E-state index in [0.29, 0.717) is 11.1 Å². The number of ether oxygens (including phenoxy) is 2. The van der Waals surface area contributed by atoms with E-state index in [4.69, 9.17) is 9.47 Å². The molecular formula is C23H23NO7S. The largest absolute Gasteiger partial charge is 0.464 e. The molecule has 0 spiro atoms. The molecule has 4 rings (SSSR count). The van der Waals surface area contributed by atoms with Crippen molar-refractivity contribution in [1.29, 1.82) is 0 Å². The van der Waals surface area contributed by atoms with Crippen molar-refractivity contribution in [1.82, 2.24) is 4.90 Å². The highest BCUT2D eigenvalue weighted by atomic mass is 32.2. The molecule has 3 atom stereocenters. The zero-order chi connectivity index (χ0) is 23.1. The second-order valence-electron chi connectivity index (χ2n) is 8.14. The number of esters is 2. The number of fused-ring (bicyclic) bond motifs is 1. The standard InChI is InChI=1S/C23H23NO7S/c1-15(25)30-14-23(2)21(24-18(26)13-19(24)32(23,28)29)22(27)31-20(16-9-5-3-6-10-16)17-11-7-4-8-12-17/h3-12,19-21H,13-14H2,1-2H3/t19-,21+,23+/m1/s1. The molecule has 0 radical (unpaired) electrons. The lowest BCUT2D eigenvalue weighted by Crippen LogP contribution is -2.58. The van der Waals surface area contributed by atoms with Crippen molar-refractivity contribution >= 4 is 27.7 Å². The SMILES string of the molecule is CC(=O)OC[C@@]1(C)[C@H](C(=O)OC(c2ccccc2)c2ccccc2)N2C(=O)C[C@H]2S1(=O)=O. The van der Waals surface area contributed by atoms with Crippen molar-refractivity contribution in [3.63, 3.8) is 0 Å². The van der Waals surface area contributed by atoms with E-state index < -0.39 is 56.6 Å². The number of sulfone groups is 1. The summed E-state index contributed by atoms with van der Waals surface area (Å²) in [5.74, 6) is -2.00. The van der Waals surface area contributed by atoms with Gasteiger partial charge >= 0.3 is 11.9 Å². The van der Waals surface area contributed by atoms with Crippen molar-refractivity contribution in [2.45, 2.75) is 42.5 Å². The summed E-state index contributed by atoms with van der Waals surface area (Å²) < 4.78 is 35.4. The fourth-order valence-corrected chi connectivity index (χ4v) is 6.53. The number of rotatable bonds is 6. The van der Waals surface area contributed by atoms with E-state index in [1.165, 1.54) is 6.92 Å². The number of nitrogens with zero attached hydrogens (tertiary/aromatic N) is 1. The Kier molecular flexibility index (Phi) is 5.54. The molecule has 2 fully saturated rings. The lowest BCUT2D eigenvalue weighted by Gasteiger charge is -2.37. The predicted octanol–water partition coefficient (Wildman–Crippen LogP) is 2.00. The van der Waals surface area contributed by atoms with Crippen LogP contribution in [0.4, 0.5) is 0 Å². The van der Waals surface area contributed by atoms with E-state index in [2.05, 4.69) is 0 Å². The number of carbonyl (C=O) groups excluding carboxylic acids is 3. The maximum atomic E-state index is 13.5. The first-order chi connectivity index (χ1) is 15.2. The highest BCUT2D eigenvalue weighted by Crippen LogP contribution is 2.47. The number of amides is 1. The molecule has 1 amide bonds. The Morgan fingerprint density at radius 3 is 2.06 bits per heavy atom. The molecule has 2 heterocycles. The number of hydrogen-bond acceptors (Lipinski definition) is 7. The molecular weight excluding hydrogens is 434 g/mol. The van der Waals surface area contributed by atoms with Crippen LogP contribution in [0.3, 0.4) is 0 Å². The maximum Gasteiger partial charge on any atom is 0.331 e. The van der Waals surface area contributed by atoms with Gasteiger partial charge in [-0.3, -0.25) is 9.59 Å². The van der Waals surface area contributed by atoms with E-state index in [9.17, 15) is 22.8 Å². The van der Waals surface area contributed by atoms with E-state index in [0.717, 1.165) is 11.8 Å². The number of hydrogen-bond donors (Lipinski definition) is 0. The van der Waals surface area contributed by atoms with Gasteiger partial charge in [0.05, 0.1) is 6.42 Å². The van der Waals surface area contributed by atoms with Crippen LogP contribution in [0.15, 0.2) is 60.7 Å². The summed E-state index contributed by atoms with van der Waals surface area (Å²) in [6, 6.07) is 16.6. The monoisotopic (exact) mass is 457 g/mol. The molecule has 8 nitrogen and oxygen atoms in total. The summed E-state index contributed by atoms with van der Waals surface area (Å²) in [5, 5.41) is -1.12. The third kappa shape index (κ3) is 3.46. The number of carbonyl (C=O) groups is 3. The highest BCUT2D eigenvalue weighted by molar-refractivity contribution is 7.94. The van der Waals surface area contributed by atoms with Gasteiger partial charge in [0.1, 0.15) is 16.7 Å². The van der Waals surface area contributed by atoms with Crippen LogP contribution in [-0.2, 0) is 33.7 Å². The van der Waals surface area contributed by atoms with Gasteiger partial charge in [0, 0.05) is 6.92 Å². The van der Waals surface area contributed by atoms with Crippen LogP contribution >= 0.6 is 0 Å². The molecule has 0 unspecified atom stereocenters. The molecule has 0 aliphatic carbocycles. The predicted molar refractivity (Wildman–Crippen MR) is 114 cm³/mol. The van der Waals surface area contributed by atoms with E-state index >= 15 is 0 Å². The van der Waals surface area contributed by atoms with E-state index in [1.807, 2.05) is 12.1 Å². The topological polar surface area (TPSA) is 107 Å². The van der Waals surface area contributed by atoms with Gasteiger partial charge in [0.2, 0.25) is 5.91 Å². The zero-order valence-electron chi connectivity index (χ0n) is 17.6. The first kappa shape index (κ1) is 22.0. The van der Waals surface area contributed by atoms with Gasteiger partial charge in [-0.25, -0.2) is 13.2 Å². The molecule has 0 N–H and O–H groups in total. The molecule has 2 saturated heterocycles. The minimum Gasteiger partial charge on any atom is -0.464 e. The third-order valence-electron chi connectivity index (χ3n) is 6.04. The molecule has 9 heteroatoms. The Morgan fingerprint density at radius 1 is 1.06 bits per heavy atom. The summed E-state index contributed by atoms with van der Waals surface area (Å²) in [6.45, 7) is 1.92. The molecule has 2 aliphatic heterocycles. The number of benzene rings is 2. The average molecular weight is 458 g/mol. The Balaban J connectivity index is 1.72. The first-order valence-electron chi connectivity index (χ1n) is 10.1. The Bertz CT molecular complexity index is 1110. The van der Waals surface area contributed by atoms with Crippen molar-refractivity contribution < 1.29 is 32.3 Å². The Labute approximate surface area is 186 Å². The first-order valence-corrected chi connectivity index (χ1v) is 11.7. The number of β-lactam (4-membered cyclic amide) rings is 1. The molecule has 0 bridgehead atoms.